The fourth-order valence-corrected chi connectivity index (χ4v) is 4.40. The lowest BCUT2D eigenvalue weighted by molar-refractivity contribution is 0.0786. The average molecular weight is 522 g/mol. The lowest BCUT2D eigenvalue weighted by atomic mass is 9.93. The second-order valence-corrected chi connectivity index (χ2v) is 11.3. The molecule has 0 radical (unpaired) electrons. The zero-order chi connectivity index (χ0) is 27.3. The Balaban J connectivity index is 1.98. The van der Waals surface area contributed by atoms with Crippen molar-refractivity contribution in [1.82, 2.24) is 14.9 Å². The van der Waals surface area contributed by atoms with E-state index in [4.69, 9.17) is 16.3 Å². The number of rotatable bonds is 5. The number of hydrogen-bond acceptors (Lipinski definition) is 4. The zero-order valence-electron chi connectivity index (χ0n) is 22.1. The molecule has 0 aliphatic heterocycles. The number of halogens is 1. The molecule has 194 valence electrons. The summed E-state index contributed by atoms with van der Waals surface area (Å²) in [6.45, 7) is 11.0. The third-order valence-corrected chi connectivity index (χ3v) is 6.35. The first kappa shape index (κ1) is 26.5. The molecule has 8 heteroatoms. The molecule has 0 saturated heterocycles. The van der Waals surface area contributed by atoms with E-state index in [-0.39, 0.29) is 17.2 Å². The van der Waals surface area contributed by atoms with Gasteiger partial charge in [-0.3, -0.25) is 9.59 Å². The van der Waals surface area contributed by atoms with Crippen molar-refractivity contribution in [3.8, 4) is 22.6 Å². The van der Waals surface area contributed by atoms with Gasteiger partial charge in [-0.1, -0.05) is 29.8 Å². The van der Waals surface area contributed by atoms with Crippen LogP contribution in [-0.2, 0) is 12.6 Å². The van der Waals surface area contributed by atoms with E-state index in [1.165, 1.54) is 4.57 Å². The van der Waals surface area contributed by atoms with Gasteiger partial charge in [0.05, 0.1) is 10.6 Å². The third-order valence-electron chi connectivity index (χ3n) is 6.05. The Morgan fingerprint density at radius 2 is 1.78 bits per heavy atom. The minimum atomic E-state index is -1.12. The number of aryl methyl sites for hydroxylation is 2. The first-order valence-electron chi connectivity index (χ1n) is 12.0. The van der Waals surface area contributed by atoms with Crippen LogP contribution in [0.2, 0.25) is 5.02 Å². The molecule has 2 aromatic heterocycles. The number of carbonyl (C=O) groups is 1. The van der Waals surface area contributed by atoms with Gasteiger partial charge in [0.25, 0.3) is 11.5 Å². The second-order valence-electron chi connectivity index (χ2n) is 10.9. The SMILES string of the molecule is Cc1cccc(Cl)c1Oc1ccc(C(C)(C)O)cc1-c1cn(C)c(=O)c2[nH]c(C(=O)NC(C)(C)C)cc12. The molecule has 7 nitrogen and oxygen atoms in total. The number of aromatic amines is 1. The van der Waals surface area contributed by atoms with Gasteiger partial charge < -0.3 is 24.7 Å². The predicted molar refractivity (Wildman–Crippen MR) is 148 cm³/mol. The molecule has 37 heavy (non-hydrogen) atoms. The Morgan fingerprint density at radius 1 is 1.08 bits per heavy atom. The van der Waals surface area contributed by atoms with Crippen molar-refractivity contribution in [2.24, 2.45) is 7.05 Å². The lowest BCUT2D eigenvalue weighted by Gasteiger charge is -2.21. The van der Waals surface area contributed by atoms with E-state index in [9.17, 15) is 14.7 Å². The summed E-state index contributed by atoms with van der Waals surface area (Å²) in [4.78, 5) is 29.0. The number of aromatic nitrogens is 2. The molecule has 0 atom stereocenters. The van der Waals surface area contributed by atoms with E-state index >= 15 is 0 Å². The minimum absolute atomic E-state index is 0.267. The maximum absolute atomic E-state index is 13.0. The van der Waals surface area contributed by atoms with Gasteiger partial charge in [-0.05, 0) is 76.9 Å². The van der Waals surface area contributed by atoms with Gasteiger partial charge in [-0.25, -0.2) is 0 Å². The van der Waals surface area contributed by atoms with E-state index in [0.717, 1.165) is 5.56 Å². The fourth-order valence-electron chi connectivity index (χ4n) is 4.14. The van der Waals surface area contributed by atoms with Crippen molar-refractivity contribution in [2.75, 3.05) is 0 Å². The van der Waals surface area contributed by atoms with Crippen LogP contribution in [-0.4, -0.2) is 26.1 Å². The number of aliphatic hydroxyl groups is 1. The van der Waals surface area contributed by atoms with Crippen LogP contribution in [0.15, 0.2) is 53.5 Å². The van der Waals surface area contributed by atoms with Crippen LogP contribution in [0, 0.1) is 6.92 Å². The van der Waals surface area contributed by atoms with E-state index < -0.39 is 11.1 Å². The van der Waals surface area contributed by atoms with Crippen LogP contribution in [0.3, 0.4) is 0 Å². The number of fused-ring (bicyclic) bond motifs is 1. The summed E-state index contributed by atoms with van der Waals surface area (Å²) in [5.41, 5.74) is 1.56. The van der Waals surface area contributed by atoms with E-state index in [0.29, 0.717) is 44.1 Å². The Morgan fingerprint density at radius 3 is 2.41 bits per heavy atom. The molecule has 0 bridgehead atoms. The first-order valence-corrected chi connectivity index (χ1v) is 12.4. The Kier molecular flexibility index (Phi) is 6.73. The van der Waals surface area contributed by atoms with Gasteiger partial charge in [0, 0.05) is 35.3 Å². The Hall–Kier alpha value is -3.55. The standard InChI is InChI=1S/C29H32ClN3O4/c1-16-9-8-10-21(30)25(16)37-23-12-11-17(29(5,6)36)13-18(23)20-15-33(7)27(35)24-19(20)14-22(31-24)26(34)32-28(2,3)4/h8-15,31,36H,1-7H3,(H,32,34). The summed E-state index contributed by atoms with van der Waals surface area (Å²) in [7, 11) is 1.65. The smallest absolute Gasteiger partial charge is 0.274 e. The van der Waals surface area contributed by atoms with Crippen LogP contribution in [0.25, 0.3) is 22.0 Å². The first-order chi connectivity index (χ1) is 17.2. The van der Waals surface area contributed by atoms with Gasteiger partial charge >= 0.3 is 0 Å². The Bertz CT molecular complexity index is 1550. The fraction of sp³-hybridized carbons (Fsp3) is 0.310. The Labute approximate surface area is 221 Å². The summed E-state index contributed by atoms with van der Waals surface area (Å²) in [6.07, 6.45) is 1.71. The third kappa shape index (κ3) is 5.43. The number of pyridine rings is 1. The summed E-state index contributed by atoms with van der Waals surface area (Å²) in [5, 5.41) is 14.7. The number of nitrogens with one attached hydrogen (secondary N) is 2. The van der Waals surface area contributed by atoms with Gasteiger partial charge in [0.15, 0.2) is 0 Å². The van der Waals surface area contributed by atoms with Gasteiger partial charge in [0.1, 0.15) is 22.7 Å². The molecule has 0 fully saturated rings. The summed E-state index contributed by atoms with van der Waals surface area (Å²) in [6, 6.07) is 12.6. The number of amides is 1. The quantitative estimate of drug-likeness (QED) is 0.298. The highest BCUT2D eigenvalue weighted by molar-refractivity contribution is 6.32. The number of H-pyrrole nitrogens is 1. The highest BCUT2D eigenvalue weighted by Crippen LogP contribution is 2.41. The number of ether oxygens (including phenoxy) is 1. The molecule has 2 heterocycles. The molecule has 0 aliphatic carbocycles. The molecule has 0 unspecified atom stereocenters. The van der Waals surface area contributed by atoms with Gasteiger partial charge in [0.2, 0.25) is 0 Å². The van der Waals surface area contributed by atoms with Gasteiger partial charge in [-0.2, -0.15) is 0 Å². The van der Waals surface area contributed by atoms with E-state index in [1.54, 1.807) is 51.4 Å². The van der Waals surface area contributed by atoms with Gasteiger partial charge in [-0.15, -0.1) is 0 Å². The lowest BCUT2D eigenvalue weighted by Crippen LogP contribution is -2.40. The van der Waals surface area contributed by atoms with Crippen LogP contribution in [0.4, 0.5) is 0 Å². The monoisotopic (exact) mass is 521 g/mol. The molecule has 3 N–H and O–H groups in total. The van der Waals surface area contributed by atoms with Crippen molar-refractivity contribution in [3.63, 3.8) is 0 Å². The van der Waals surface area contributed by atoms with Crippen molar-refractivity contribution in [1.29, 1.82) is 0 Å². The van der Waals surface area contributed by atoms with Crippen molar-refractivity contribution >= 4 is 28.4 Å². The highest BCUT2D eigenvalue weighted by Gasteiger charge is 2.24. The second kappa shape index (κ2) is 9.39. The molecular formula is C29H32ClN3O4. The summed E-state index contributed by atoms with van der Waals surface area (Å²) >= 11 is 6.45. The highest BCUT2D eigenvalue weighted by atomic mass is 35.5. The normalized spacial score (nSPS) is 12.1. The summed E-state index contributed by atoms with van der Waals surface area (Å²) < 4.78 is 7.80. The largest absolute Gasteiger partial charge is 0.455 e. The molecule has 0 spiro atoms. The molecular weight excluding hydrogens is 490 g/mol. The van der Waals surface area contributed by atoms with Crippen molar-refractivity contribution in [3.05, 3.63) is 80.9 Å². The van der Waals surface area contributed by atoms with Crippen molar-refractivity contribution in [2.45, 2.75) is 52.7 Å². The number of para-hydroxylation sites is 1. The number of hydrogen-bond donors (Lipinski definition) is 3. The molecule has 1 amide bonds. The molecule has 0 aliphatic rings. The van der Waals surface area contributed by atoms with Crippen LogP contribution in [0.5, 0.6) is 11.5 Å². The number of benzene rings is 2. The average Bonchev–Trinajstić information content (AvgIpc) is 3.23. The number of carbonyl (C=O) groups excluding carboxylic acids is 1. The molecule has 4 aromatic rings. The van der Waals surface area contributed by atoms with Crippen LogP contribution in [0.1, 0.15) is 56.2 Å². The maximum atomic E-state index is 13.0. The predicted octanol–water partition coefficient (Wildman–Crippen LogP) is 6.04. The van der Waals surface area contributed by atoms with Crippen LogP contribution >= 0.6 is 11.6 Å². The van der Waals surface area contributed by atoms with Crippen molar-refractivity contribution < 1.29 is 14.6 Å². The van der Waals surface area contributed by atoms with E-state index in [2.05, 4.69) is 10.3 Å². The number of nitrogens with zero attached hydrogens (tertiary/aromatic N) is 1. The minimum Gasteiger partial charge on any atom is -0.455 e. The summed E-state index contributed by atoms with van der Waals surface area (Å²) in [5.74, 6) is 0.693. The molecule has 2 aromatic carbocycles. The van der Waals surface area contributed by atoms with Crippen LogP contribution < -0.4 is 15.6 Å². The topological polar surface area (TPSA) is 96.3 Å². The molecule has 0 saturated carbocycles. The van der Waals surface area contributed by atoms with E-state index in [1.807, 2.05) is 45.9 Å². The zero-order valence-corrected chi connectivity index (χ0v) is 22.9. The molecule has 4 rings (SSSR count). The maximum Gasteiger partial charge on any atom is 0.274 e.